The van der Waals surface area contributed by atoms with E-state index in [2.05, 4.69) is 24.5 Å². The van der Waals surface area contributed by atoms with E-state index in [1.807, 2.05) is 13.0 Å². The van der Waals surface area contributed by atoms with Crippen LogP contribution in [-0.2, 0) is 4.74 Å². The first kappa shape index (κ1) is 15.4. The molecule has 4 nitrogen and oxygen atoms in total. The highest BCUT2D eigenvalue weighted by atomic mass is 32.1. The van der Waals surface area contributed by atoms with E-state index in [1.54, 1.807) is 12.1 Å². The highest BCUT2D eigenvalue weighted by Crippen LogP contribution is 2.17. The number of methoxy groups -OCH3 is 1. The Morgan fingerprint density at radius 3 is 2.74 bits per heavy atom. The molecule has 0 saturated carbocycles. The van der Waals surface area contributed by atoms with Crippen molar-refractivity contribution >= 4 is 29.0 Å². The first-order chi connectivity index (χ1) is 8.97. The molecule has 0 unspecified atom stereocenters. The fourth-order valence-corrected chi connectivity index (χ4v) is 1.80. The van der Waals surface area contributed by atoms with Gasteiger partial charge in [-0.15, -0.1) is 0 Å². The lowest BCUT2D eigenvalue weighted by Crippen LogP contribution is -2.35. The summed E-state index contributed by atoms with van der Waals surface area (Å²) in [5, 5.41) is 6.83. The number of rotatable bonds is 4. The quantitative estimate of drug-likeness (QED) is 0.656. The van der Waals surface area contributed by atoms with Crippen LogP contribution in [0.2, 0.25) is 0 Å². The fraction of sp³-hybridized carbons (Fsp3) is 0.429. The number of anilines is 1. The number of carbonyl (C=O) groups excluding carboxylic acids is 1. The smallest absolute Gasteiger partial charge is 0.337 e. The van der Waals surface area contributed by atoms with E-state index >= 15 is 0 Å². The molecule has 0 heterocycles. The van der Waals surface area contributed by atoms with Crippen LogP contribution in [0.25, 0.3) is 0 Å². The predicted molar refractivity (Wildman–Crippen MR) is 81.6 cm³/mol. The standard InChI is InChI=1S/C14H20N2O2S/c1-5-10(3)15-14(19)16-12-8-11(13(17)18-4)7-6-9(12)2/h6-8,10H,5H2,1-4H3,(H2,15,16,19)/t10-/m0/s1. The lowest BCUT2D eigenvalue weighted by molar-refractivity contribution is 0.0601. The minimum absolute atomic E-state index is 0.309. The van der Waals surface area contributed by atoms with Crippen molar-refractivity contribution in [1.29, 1.82) is 0 Å². The minimum atomic E-state index is -0.358. The molecule has 0 saturated heterocycles. The zero-order chi connectivity index (χ0) is 14.4. The Morgan fingerprint density at radius 2 is 2.16 bits per heavy atom. The highest BCUT2D eigenvalue weighted by Gasteiger charge is 2.09. The van der Waals surface area contributed by atoms with Crippen molar-refractivity contribution in [2.24, 2.45) is 0 Å². The maximum Gasteiger partial charge on any atom is 0.337 e. The van der Waals surface area contributed by atoms with Gasteiger partial charge < -0.3 is 15.4 Å². The summed E-state index contributed by atoms with van der Waals surface area (Å²) in [6.45, 7) is 6.10. The van der Waals surface area contributed by atoms with Crippen LogP contribution in [0, 0.1) is 6.92 Å². The summed E-state index contributed by atoms with van der Waals surface area (Å²) in [6.07, 6.45) is 0.989. The van der Waals surface area contributed by atoms with Crippen LogP contribution in [0.1, 0.15) is 36.2 Å². The van der Waals surface area contributed by atoms with E-state index in [0.717, 1.165) is 17.7 Å². The van der Waals surface area contributed by atoms with Gasteiger partial charge in [0.05, 0.1) is 12.7 Å². The number of carbonyl (C=O) groups is 1. The van der Waals surface area contributed by atoms with Crippen molar-refractivity contribution in [3.63, 3.8) is 0 Å². The average molecular weight is 280 g/mol. The molecular formula is C14H20N2O2S. The largest absolute Gasteiger partial charge is 0.465 e. The molecule has 0 aromatic heterocycles. The van der Waals surface area contributed by atoms with Gasteiger partial charge in [-0.3, -0.25) is 0 Å². The fourth-order valence-electron chi connectivity index (χ4n) is 1.49. The molecule has 0 aliphatic heterocycles. The first-order valence-corrected chi connectivity index (χ1v) is 6.65. The van der Waals surface area contributed by atoms with Gasteiger partial charge in [-0.1, -0.05) is 13.0 Å². The maximum absolute atomic E-state index is 11.5. The monoisotopic (exact) mass is 280 g/mol. The zero-order valence-corrected chi connectivity index (χ0v) is 12.6. The van der Waals surface area contributed by atoms with Gasteiger partial charge in [0.2, 0.25) is 0 Å². The third kappa shape index (κ3) is 4.52. The van der Waals surface area contributed by atoms with E-state index in [1.165, 1.54) is 7.11 Å². The molecule has 2 N–H and O–H groups in total. The Labute approximate surface area is 119 Å². The van der Waals surface area contributed by atoms with Crippen molar-refractivity contribution in [2.75, 3.05) is 12.4 Å². The van der Waals surface area contributed by atoms with E-state index < -0.39 is 0 Å². The topological polar surface area (TPSA) is 50.4 Å². The average Bonchev–Trinajstić information content (AvgIpc) is 2.40. The Bertz CT molecular complexity index is 475. The van der Waals surface area contributed by atoms with Crippen LogP contribution in [0.5, 0.6) is 0 Å². The van der Waals surface area contributed by atoms with Crippen molar-refractivity contribution in [3.05, 3.63) is 29.3 Å². The number of aryl methyl sites for hydroxylation is 1. The van der Waals surface area contributed by atoms with Crippen molar-refractivity contribution in [2.45, 2.75) is 33.2 Å². The molecule has 1 aromatic rings. The van der Waals surface area contributed by atoms with E-state index in [4.69, 9.17) is 17.0 Å². The summed E-state index contributed by atoms with van der Waals surface area (Å²) in [6, 6.07) is 5.65. The lowest BCUT2D eigenvalue weighted by atomic mass is 10.1. The van der Waals surface area contributed by atoms with Crippen LogP contribution in [0.15, 0.2) is 18.2 Å². The molecule has 1 atom stereocenters. The van der Waals surface area contributed by atoms with Crippen LogP contribution in [-0.4, -0.2) is 24.2 Å². The Kier molecular flexibility index (Phi) is 5.76. The van der Waals surface area contributed by atoms with E-state index in [9.17, 15) is 4.79 Å². The molecule has 5 heteroatoms. The second-order valence-electron chi connectivity index (χ2n) is 4.43. The van der Waals surface area contributed by atoms with Crippen molar-refractivity contribution in [3.8, 4) is 0 Å². The van der Waals surface area contributed by atoms with E-state index in [0.29, 0.717) is 16.7 Å². The summed E-state index contributed by atoms with van der Waals surface area (Å²) < 4.78 is 4.70. The number of hydrogen-bond donors (Lipinski definition) is 2. The van der Waals surface area contributed by atoms with Gasteiger partial charge in [0, 0.05) is 11.7 Å². The van der Waals surface area contributed by atoms with Gasteiger partial charge in [-0.25, -0.2) is 4.79 Å². The predicted octanol–water partition coefficient (Wildman–Crippen LogP) is 2.87. The van der Waals surface area contributed by atoms with Crippen molar-refractivity contribution in [1.82, 2.24) is 5.32 Å². The van der Waals surface area contributed by atoms with Gasteiger partial charge in [0.25, 0.3) is 0 Å². The number of nitrogens with one attached hydrogen (secondary N) is 2. The lowest BCUT2D eigenvalue weighted by Gasteiger charge is -2.17. The molecule has 0 radical (unpaired) electrons. The Hall–Kier alpha value is -1.62. The number of thiocarbonyl (C=S) groups is 1. The summed E-state index contributed by atoms with van der Waals surface area (Å²) >= 11 is 5.24. The third-order valence-corrected chi connectivity index (χ3v) is 3.12. The van der Waals surface area contributed by atoms with Gasteiger partial charge in [0.1, 0.15) is 0 Å². The molecule has 0 fully saturated rings. The van der Waals surface area contributed by atoms with E-state index in [-0.39, 0.29) is 5.97 Å². The van der Waals surface area contributed by atoms with Crippen LogP contribution in [0.3, 0.4) is 0 Å². The molecule has 1 aromatic carbocycles. The van der Waals surface area contributed by atoms with Crippen LogP contribution >= 0.6 is 12.2 Å². The van der Waals surface area contributed by atoms with Gasteiger partial charge in [-0.2, -0.15) is 0 Å². The Balaban J connectivity index is 2.82. The molecule has 0 aliphatic rings. The summed E-state index contributed by atoms with van der Waals surface area (Å²) in [5.41, 5.74) is 2.33. The second-order valence-corrected chi connectivity index (χ2v) is 4.84. The van der Waals surface area contributed by atoms with Crippen LogP contribution in [0.4, 0.5) is 5.69 Å². The highest BCUT2D eigenvalue weighted by molar-refractivity contribution is 7.80. The van der Waals surface area contributed by atoms with Crippen LogP contribution < -0.4 is 10.6 Å². The number of hydrogen-bond acceptors (Lipinski definition) is 3. The molecule has 1 rings (SSSR count). The molecule has 0 amide bonds. The Morgan fingerprint density at radius 1 is 1.47 bits per heavy atom. The number of ether oxygens (including phenoxy) is 1. The molecule has 19 heavy (non-hydrogen) atoms. The SMILES string of the molecule is CC[C@H](C)NC(=S)Nc1cc(C(=O)OC)ccc1C. The summed E-state index contributed by atoms with van der Waals surface area (Å²) in [7, 11) is 1.37. The normalized spacial score (nSPS) is 11.6. The molecule has 0 bridgehead atoms. The summed E-state index contributed by atoms with van der Waals surface area (Å²) in [5.74, 6) is -0.358. The third-order valence-electron chi connectivity index (χ3n) is 2.90. The molecular weight excluding hydrogens is 260 g/mol. The minimum Gasteiger partial charge on any atom is -0.465 e. The van der Waals surface area contributed by atoms with Gasteiger partial charge >= 0.3 is 5.97 Å². The number of benzene rings is 1. The molecule has 0 aliphatic carbocycles. The first-order valence-electron chi connectivity index (χ1n) is 6.24. The molecule has 104 valence electrons. The van der Waals surface area contributed by atoms with Crippen molar-refractivity contribution < 1.29 is 9.53 Å². The zero-order valence-electron chi connectivity index (χ0n) is 11.7. The number of esters is 1. The summed E-state index contributed by atoms with van der Waals surface area (Å²) in [4.78, 5) is 11.5. The van der Waals surface area contributed by atoms with Gasteiger partial charge in [0.15, 0.2) is 5.11 Å². The maximum atomic E-state index is 11.5. The second kappa shape index (κ2) is 7.09. The van der Waals surface area contributed by atoms with Gasteiger partial charge in [-0.05, 0) is 50.2 Å². The molecule has 0 spiro atoms.